The van der Waals surface area contributed by atoms with Crippen molar-refractivity contribution in [2.75, 3.05) is 6.54 Å². The van der Waals surface area contributed by atoms with E-state index in [4.69, 9.17) is 0 Å². The largest absolute Gasteiger partial charge is 0.401 e. The third kappa shape index (κ3) is 4.93. The van der Waals surface area contributed by atoms with Gasteiger partial charge in [-0.3, -0.25) is 8.72 Å². The van der Waals surface area contributed by atoms with E-state index in [-0.39, 0.29) is 18.0 Å². The molecule has 4 nitrogen and oxygen atoms in total. The predicted molar refractivity (Wildman–Crippen MR) is 77.3 cm³/mol. The van der Waals surface area contributed by atoms with Gasteiger partial charge in [0.05, 0.1) is 28.2 Å². The van der Waals surface area contributed by atoms with E-state index in [0.29, 0.717) is 31.4 Å². The first-order valence-electron chi connectivity index (χ1n) is 6.54. The highest BCUT2D eigenvalue weighted by molar-refractivity contribution is 9.07. The Kier molecular flexibility index (Phi) is 5.61. The Morgan fingerprint density at radius 2 is 2.10 bits per heavy atom. The van der Waals surface area contributed by atoms with E-state index in [2.05, 4.69) is 26.4 Å². The highest BCUT2D eigenvalue weighted by Gasteiger charge is 2.32. The van der Waals surface area contributed by atoms with Crippen LogP contribution >= 0.6 is 27.5 Å². The van der Waals surface area contributed by atoms with Crippen LogP contribution in [0.15, 0.2) is 10.9 Å². The van der Waals surface area contributed by atoms with Crippen molar-refractivity contribution in [3.05, 3.63) is 16.6 Å². The lowest BCUT2D eigenvalue weighted by Gasteiger charge is -2.33. The Morgan fingerprint density at radius 1 is 1.43 bits per heavy atom. The maximum Gasteiger partial charge on any atom is 0.401 e. The minimum Gasteiger partial charge on any atom is -0.306 e. The van der Waals surface area contributed by atoms with Gasteiger partial charge in [0, 0.05) is 17.5 Å². The number of thiazole rings is 1. The first kappa shape index (κ1) is 16.7. The number of aromatic nitrogens is 1. The molecule has 21 heavy (non-hydrogen) atoms. The monoisotopic (exact) mass is 385 g/mol. The number of halogens is 4. The van der Waals surface area contributed by atoms with Gasteiger partial charge in [-0.1, -0.05) is 0 Å². The fourth-order valence-corrected chi connectivity index (χ4v) is 3.48. The van der Waals surface area contributed by atoms with Gasteiger partial charge in [0.1, 0.15) is 5.69 Å². The highest BCUT2D eigenvalue weighted by atomic mass is 79.9. The van der Waals surface area contributed by atoms with Crippen molar-refractivity contribution in [3.63, 3.8) is 0 Å². The molecule has 0 bridgehead atoms. The molecule has 1 fully saturated rings. The molecule has 0 aliphatic heterocycles. The zero-order valence-corrected chi connectivity index (χ0v) is 13.5. The summed E-state index contributed by atoms with van der Waals surface area (Å²) < 4.78 is 37.9. The summed E-state index contributed by atoms with van der Waals surface area (Å²) in [5, 5.41) is 4.20. The van der Waals surface area contributed by atoms with Crippen LogP contribution in [0.25, 0.3) is 0 Å². The Hall–Kier alpha value is -0.670. The lowest BCUT2D eigenvalue weighted by Crippen LogP contribution is -2.43. The average Bonchev–Trinajstić information content (AvgIpc) is 2.97. The molecule has 1 amide bonds. The van der Waals surface area contributed by atoms with E-state index in [0.717, 1.165) is 0 Å². The molecule has 1 heterocycles. The van der Waals surface area contributed by atoms with Gasteiger partial charge >= 0.3 is 6.18 Å². The van der Waals surface area contributed by atoms with Crippen LogP contribution in [0.5, 0.6) is 0 Å². The van der Waals surface area contributed by atoms with E-state index in [1.807, 2.05) is 0 Å². The quantitative estimate of drug-likeness (QED) is 0.808. The molecule has 1 aromatic rings. The number of amides is 1. The number of carbonyl (C=O) groups is 1. The maximum absolute atomic E-state index is 12.1. The van der Waals surface area contributed by atoms with Gasteiger partial charge in [-0.15, -0.1) is 11.3 Å². The summed E-state index contributed by atoms with van der Waals surface area (Å²) in [5.74, 6) is -0.206. The van der Waals surface area contributed by atoms with Crippen LogP contribution in [0.4, 0.5) is 13.2 Å². The van der Waals surface area contributed by atoms with Crippen molar-refractivity contribution in [2.24, 2.45) is 0 Å². The van der Waals surface area contributed by atoms with E-state index < -0.39 is 12.7 Å². The third-order valence-electron chi connectivity index (χ3n) is 3.45. The molecule has 0 spiro atoms. The van der Waals surface area contributed by atoms with E-state index in [9.17, 15) is 18.0 Å². The number of carbonyl (C=O) groups excluding carboxylic acids is 1. The Bertz CT molecular complexity index is 461. The molecular weight excluding hydrogens is 371 g/mol. The van der Waals surface area contributed by atoms with Gasteiger partial charge in [0.2, 0.25) is 0 Å². The average molecular weight is 386 g/mol. The van der Waals surface area contributed by atoms with Crippen LogP contribution in [0.3, 0.4) is 0 Å². The molecular formula is C12H15BrF3N3OS. The Balaban J connectivity index is 1.79. The second-order valence-electron chi connectivity index (χ2n) is 4.99. The molecule has 0 unspecified atom stereocenters. The van der Waals surface area contributed by atoms with Crippen LogP contribution in [-0.4, -0.2) is 39.6 Å². The molecule has 1 N–H and O–H groups in total. The number of nitrogens with zero attached hydrogens (tertiary/aromatic N) is 2. The van der Waals surface area contributed by atoms with Crippen LogP contribution < -0.4 is 5.32 Å². The summed E-state index contributed by atoms with van der Waals surface area (Å²) in [4.78, 5) is 16.1. The minimum atomic E-state index is -4.18. The van der Waals surface area contributed by atoms with Crippen molar-refractivity contribution in [2.45, 2.75) is 43.9 Å². The zero-order chi connectivity index (χ0) is 15.5. The van der Waals surface area contributed by atoms with Gasteiger partial charge < -0.3 is 5.32 Å². The Labute approximate surface area is 133 Å². The van der Waals surface area contributed by atoms with Crippen molar-refractivity contribution in [1.29, 1.82) is 0 Å². The fraction of sp³-hybridized carbons (Fsp3) is 0.667. The summed E-state index contributed by atoms with van der Waals surface area (Å²) in [6.07, 6.45) is -1.62. The summed E-state index contributed by atoms with van der Waals surface area (Å²) in [6, 6.07) is -0.152. The van der Waals surface area contributed by atoms with Crippen LogP contribution in [0, 0.1) is 0 Å². The zero-order valence-electron chi connectivity index (χ0n) is 11.1. The van der Waals surface area contributed by atoms with Gasteiger partial charge in [0.15, 0.2) is 0 Å². The van der Waals surface area contributed by atoms with Gasteiger partial charge in [0.25, 0.3) is 5.91 Å². The van der Waals surface area contributed by atoms with Gasteiger partial charge in [-0.25, -0.2) is 4.98 Å². The molecule has 0 saturated heterocycles. The first-order chi connectivity index (χ1) is 9.87. The van der Waals surface area contributed by atoms with Gasteiger partial charge in [-0.05, 0) is 25.7 Å². The molecule has 0 aromatic carbocycles. The second-order valence-corrected chi connectivity index (χ2v) is 6.47. The van der Waals surface area contributed by atoms with Crippen molar-refractivity contribution < 1.29 is 18.0 Å². The molecule has 1 saturated carbocycles. The molecule has 0 radical (unpaired) electrons. The smallest absolute Gasteiger partial charge is 0.306 e. The maximum atomic E-state index is 12.1. The van der Waals surface area contributed by atoms with Crippen molar-refractivity contribution in [1.82, 2.24) is 14.2 Å². The van der Waals surface area contributed by atoms with E-state index in [1.54, 1.807) is 10.9 Å². The van der Waals surface area contributed by atoms with Crippen LogP contribution in [0.2, 0.25) is 0 Å². The number of nitrogens with one attached hydrogen (secondary N) is 1. The second kappa shape index (κ2) is 7.06. The summed E-state index contributed by atoms with van der Waals surface area (Å²) in [5.41, 5.74) is 1.97. The van der Waals surface area contributed by atoms with E-state index in [1.165, 1.54) is 15.3 Å². The molecule has 0 atom stereocenters. The molecule has 1 aliphatic rings. The lowest BCUT2D eigenvalue weighted by molar-refractivity contribution is -0.126. The first-order valence-corrected chi connectivity index (χ1v) is 8.19. The summed E-state index contributed by atoms with van der Waals surface area (Å²) in [6.45, 7) is -0.960. The molecule has 1 aromatic heterocycles. The topological polar surface area (TPSA) is 45.2 Å². The summed E-state index contributed by atoms with van der Waals surface area (Å²) >= 11 is 4.61. The SMILES string of the molecule is O=C(c1cscn1)N(Br)C1CCC(NCC(F)(F)F)CC1. The highest BCUT2D eigenvalue weighted by Crippen LogP contribution is 2.27. The molecule has 118 valence electrons. The third-order valence-corrected chi connectivity index (χ3v) is 4.94. The van der Waals surface area contributed by atoms with Crippen molar-refractivity contribution in [3.8, 4) is 0 Å². The Morgan fingerprint density at radius 3 is 2.62 bits per heavy atom. The van der Waals surface area contributed by atoms with E-state index >= 15 is 0 Å². The van der Waals surface area contributed by atoms with Crippen LogP contribution in [0.1, 0.15) is 36.2 Å². The van der Waals surface area contributed by atoms with Crippen molar-refractivity contribution >= 4 is 33.4 Å². The predicted octanol–water partition coefficient (Wildman–Crippen LogP) is 3.36. The van der Waals surface area contributed by atoms with Crippen LogP contribution in [-0.2, 0) is 0 Å². The lowest BCUT2D eigenvalue weighted by atomic mass is 9.91. The molecule has 2 rings (SSSR count). The molecule has 1 aliphatic carbocycles. The number of hydrogen-bond acceptors (Lipinski definition) is 4. The number of rotatable bonds is 4. The minimum absolute atomic E-state index is 0.0110. The molecule has 9 heteroatoms. The normalized spacial score (nSPS) is 23.0. The number of hydrogen-bond donors (Lipinski definition) is 1. The summed E-state index contributed by atoms with van der Waals surface area (Å²) in [7, 11) is 0. The standard InChI is InChI=1S/C12H15BrF3N3OS/c13-19(11(20)10-5-21-7-18-10)9-3-1-8(2-4-9)17-6-12(14,15)16/h5,7-9,17H,1-4,6H2. The fourth-order valence-electron chi connectivity index (χ4n) is 2.36. The number of alkyl halides is 3. The van der Waals surface area contributed by atoms with Gasteiger partial charge in [-0.2, -0.15) is 13.2 Å².